The summed E-state index contributed by atoms with van der Waals surface area (Å²) >= 11 is 0. The zero-order valence-corrected chi connectivity index (χ0v) is 10.5. The number of nitrogens with one attached hydrogen (secondary N) is 1. The molecule has 7 nitrogen and oxygen atoms in total. The monoisotopic (exact) mass is 258 g/mol. The Morgan fingerprint density at radius 3 is 2.42 bits per heavy atom. The van der Waals surface area contributed by atoms with Crippen molar-refractivity contribution in [2.24, 2.45) is 5.84 Å². The molecule has 0 atom stereocenters. The summed E-state index contributed by atoms with van der Waals surface area (Å²) in [5.74, 6) is 6.19. The topological polar surface area (TPSA) is 89.2 Å². The molecular weight excluding hydrogens is 244 g/mol. The number of methoxy groups -OCH3 is 1. The highest BCUT2D eigenvalue weighted by molar-refractivity contribution is 5.45. The summed E-state index contributed by atoms with van der Waals surface area (Å²) in [6.07, 6.45) is 0. The first-order valence-corrected chi connectivity index (χ1v) is 5.88. The third kappa shape index (κ3) is 2.15. The average molecular weight is 258 g/mol. The Morgan fingerprint density at radius 2 is 1.84 bits per heavy atom. The molecule has 1 aromatic heterocycles. The summed E-state index contributed by atoms with van der Waals surface area (Å²) < 4.78 is 5.05. The van der Waals surface area contributed by atoms with E-state index in [0.717, 1.165) is 13.1 Å². The Labute approximate surface area is 110 Å². The van der Waals surface area contributed by atoms with Crippen molar-refractivity contribution < 1.29 is 4.74 Å². The SMILES string of the molecule is COc1nc(NN)nc(N2Cc3ccccc3C2)n1. The molecule has 1 aliphatic heterocycles. The molecule has 0 aliphatic carbocycles. The summed E-state index contributed by atoms with van der Waals surface area (Å²) in [5, 5.41) is 0. The molecule has 0 radical (unpaired) electrons. The van der Waals surface area contributed by atoms with Gasteiger partial charge in [0.1, 0.15) is 0 Å². The van der Waals surface area contributed by atoms with Crippen molar-refractivity contribution in [2.75, 3.05) is 17.4 Å². The number of nitrogens with zero attached hydrogens (tertiary/aromatic N) is 4. The lowest BCUT2D eigenvalue weighted by atomic mass is 10.1. The fraction of sp³-hybridized carbons (Fsp3) is 0.250. The van der Waals surface area contributed by atoms with Crippen LogP contribution in [0.2, 0.25) is 0 Å². The molecule has 0 amide bonds. The number of hydrogen-bond acceptors (Lipinski definition) is 7. The first kappa shape index (κ1) is 11.7. The van der Waals surface area contributed by atoms with Crippen LogP contribution in [0.5, 0.6) is 6.01 Å². The first-order chi connectivity index (χ1) is 9.30. The average Bonchev–Trinajstić information content (AvgIpc) is 2.90. The minimum Gasteiger partial charge on any atom is -0.467 e. The molecule has 98 valence electrons. The summed E-state index contributed by atoms with van der Waals surface area (Å²) in [6, 6.07) is 8.52. The summed E-state index contributed by atoms with van der Waals surface area (Å²) in [4.78, 5) is 14.5. The van der Waals surface area contributed by atoms with E-state index < -0.39 is 0 Å². The van der Waals surface area contributed by atoms with E-state index in [0.29, 0.717) is 5.95 Å². The minimum absolute atomic E-state index is 0.244. The number of nitrogens with two attached hydrogens (primary N) is 1. The quantitative estimate of drug-likeness (QED) is 0.618. The number of anilines is 2. The zero-order chi connectivity index (χ0) is 13.2. The van der Waals surface area contributed by atoms with Crippen LogP contribution >= 0.6 is 0 Å². The van der Waals surface area contributed by atoms with Gasteiger partial charge in [0.15, 0.2) is 0 Å². The minimum atomic E-state index is 0.244. The van der Waals surface area contributed by atoms with Crippen molar-refractivity contribution in [1.82, 2.24) is 15.0 Å². The fourth-order valence-electron chi connectivity index (χ4n) is 2.12. The van der Waals surface area contributed by atoms with Crippen LogP contribution in [-0.4, -0.2) is 22.1 Å². The van der Waals surface area contributed by atoms with Gasteiger partial charge in [-0.2, -0.15) is 15.0 Å². The molecule has 2 aromatic rings. The van der Waals surface area contributed by atoms with Crippen LogP contribution in [-0.2, 0) is 13.1 Å². The largest absolute Gasteiger partial charge is 0.467 e. The predicted octanol–water partition coefficient (Wildman–Crippen LogP) is 0.686. The summed E-state index contributed by atoms with van der Waals surface area (Å²) in [5.41, 5.74) is 4.98. The third-order valence-corrected chi connectivity index (χ3v) is 3.04. The van der Waals surface area contributed by atoms with Gasteiger partial charge in [-0.3, -0.25) is 5.43 Å². The highest BCUT2D eigenvalue weighted by Crippen LogP contribution is 2.26. The molecular formula is C12H14N6O. The Morgan fingerprint density at radius 1 is 1.16 bits per heavy atom. The van der Waals surface area contributed by atoms with Crippen LogP contribution in [0.3, 0.4) is 0 Å². The standard InChI is InChI=1S/C12H14N6O/c1-19-12-15-10(17-13)14-11(16-12)18-6-8-4-2-3-5-9(8)7-18/h2-5H,6-7,13H2,1H3,(H,14,15,16,17). The van der Waals surface area contributed by atoms with Crippen LogP contribution in [0, 0.1) is 0 Å². The second-order valence-corrected chi connectivity index (χ2v) is 4.21. The fourth-order valence-corrected chi connectivity index (χ4v) is 2.12. The van der Waals surface area contributed by atoms with E-state index >= 15 is 0 Å². The molecule has 1 aliphatic rings. The predicted molar refractivity (Wildman–Crippen MR) is 70.5 cm³/mol. The van der Waals surface area contributed by atoms with E-state index in [2.05, 4.69) is 37.4 Å². The van der Waals surface area contributed by atoms with Gasteiger partial charge in [-0.25, -0.2) is 5.84 Å². The maximum Gasteiger partial charge on any atom is 0.322 e. The normalized spacial score (nSPS) is 13.3. The number of fused-ring (bicyclic) bond motifs is 1. The summed E-state index contributed by atoms with van der Waals surface area (Å²) in [6.45, 7) is 1.54. The molecule has 0 saturated carbocycles. The molecule has 7 heteroatoms. The molecule has 0 saturated heterocycles. The van der Waals surface area contributed by atoms with Crippen LogP contribution in [0.15, 0.2) is 24.3 Å². The Balaban J connectivity index is 1.92. The van der Waals surface area contributed by atoms with Crippen LogP contribution in [0.4, 0.5) is 11.9 Å². The van der Waals surface area contributed by atoms with Crippen LogP contribution in [0.25, 0.3) is 0 Å². The summed E-state index contributed by atoms with van der Waals surface area (Å²) in [7, 11) is 1.51. The van der Waals surface area contributed by atoms with Crippen molar-refractivity contribution in [2.45, 2.75) is 13.1 Å². The van der Waals surface area contributed by atoms with E-state index in [9.17, 15) is 0 Å². The van der Waals surface area contributed by atoms with Gasteiger partial charge < -0.3 is 9.64 Å². The van der Waals surface area contributed by atoms with Crippen LogP contribution in [0.1, 0.15) is 11.1 Å². The number of aromatic nitrogens is 3. The van der Waals surface area contributed by atoms with Gasteiger partial charge >= 0.3 is 6.01 Å². The molecule has 2 heterocycles. The number of benzene rings is 1. The van der Waals surface area contributed by atoms with Gasteiger partial charge in [-0.1, -0.05) is 24.3 Å². The molecule has 3 rings (SSSR count). The Bertz CT molecular complexity index is 555. The molecule has 0 spiro atoms. The second-order valence-electron chi connectivity index (χ2n) is 4.21. The molecule has 1 aromatic carbocycles. The van der Waals surface area contributed by atoms with Crippen molar-refractivity contribution in [3.05, 3.63) is 35.4 Å². The lowest BCUT2D eigenvalue weighted by Gasteiger charge is -2.16. The van der Waals surface area contributed by atoms with Gasteiger partial charge in [0.05, 0.1) is 7.11 Å². The second kappa shape index (κ2) is 4.69. The molecule has 19 heavy (non-hydrogen) atoms. The number of hydrazine groups is 1. The van der Waals surface area contributed by atoms with Crippen molar-refractivity contribution >= 4 is 11.9 Å². The maximum absolute atomic E-state index is 5.35. The van der Waals surface area contributed by atoms with Crippen molar-refractivity contribution in [3.63, 3.8) is 0 Å². The number of ether oxygens (including phenoxy) is 1. The molecule has 0 unspecified atom stereocenters. The van der Waals surface area contributed by atoms with Gasteiger partial charge in [0.2, 0.25) is 11.9 Å². The third-order valence-electron chi connectivity index (χ3n) is 3.04. The van der Waals surface area contributed by atoms with Crippen LogP contribution < -0.4 is 20.9 Å². The van der Waals surface area contributed by atoms with E-state index in [1.807, 2.05) is 12.1 Å². The van der Waals surface area contributed by atoms with Crippen molar-refractivity contribution in [3.8, 4) is 6.01 Å². The lowest BCUT2D eigenvalue weighted by molar-refractivity contribution is 0.378. The maximum atomic E-state index is 5.35. The van der Waals surface area contributed by atoms with Gasteiger partial charge in [0.25, 0.3) is 0 Å². The number of rotatable bonds is 3. The molecule has 0 bridgehead atoms. The van der Waals surface area contributed by atoms with Gasteiger partial charge in [0, 0.05) is 13.1 Å². The Kier molecular flexibility index (Phi) is 2.88. The van der Waals surface area contributed by atoms with Gasteiger partial charge in [-0.15, -0.1) is 0 Å². The van der Waals surface area contributed by atoms with E-state index in [-0.39, 0.29) is 12.0 Å². The van der Waals surface area contributed by atoms with E-state index in [4.69, 9.17) is 10.6 Å². The number of hydrogen-bond donors (Lipinski definition) is 2. The first-order valence-electron chi connectivity index (χ1n) is 5.88. The smallest absolute Gasteiger partial charge is 0.322 e. The van der Waals surface area contributed by atoms with Crippen molar-refractivity contribution in [1.29, 1.82) is 0 Å². The highest BCUT2D eigenvalue weighted by atomic mass is 16.5. The van der Waals surface area contributed by atoms with E-state index in [1.165, 1.54) is 18.2 Å². The number of nitrogen functional groups attached to an aromatic ring is 1. The lowest BCUT2D eigenvalue weighted by Crippen LogP contribution is -2.20. The molecule has 3 N–H and O–H groups in total. The van der Waals surface area contributed by atoms with E-state index in [1.54, 1.807) is 0 Å². The molecule has 0 fully saturated rings. The highest BCUT2D eigenvalue weighted by Gasteiger charge is 2.22. The zero-order valence-electron chi connectivity index (χ0n) is 10.5. The Hall–Kier alpha value is -2.41. The van der Waals surface area contributed by atoms with Gasteiger partial charge in [-0.05, 0) is 11.1 Å².